The predicted octanol–water partition coefficient (Wildman–Crippen LogP) is 2.16. The summed E-state index contributed by atoms with van der Waals surface area (Å²) in [6.45, 7) is 0.498. The maximum atomic E-state index is 6.01. The van der Waals surface area contributed by atoms with Gasteiger partial charge >= 0.3 is 0 Å². The molecule has 0 bridgehead atoms. The van der Waals surface area contributed by atoms with Crippen molar-refractivity contribution in [2.45, 2.75) is 0 Å². The zero-order chi connectivity index (χ0) is 14.8. The first-order valence-electron chi connectivity index (χ1n) is 6.31. The van der Waals surface area contributed by atoms with Crippen molar-refractivity contribution >= 4 is 29.2 Å². The summed E-state index contributed by atoms with van der Waals surface area (Å²) in [5.41, 5.74) is 2.50. The van der Waals surface area contributed by atoms with E-state index in [1.165, 1.54) is 5.01 Å². The molecule has 1 aliphatic rings. The quantitative estimate of drug-likeness (QED) is 0.852. The average Bonchev–Trinajstić information content (AvgIpc) is 3.01. The second kappa shape index (κ2) is 5.59. The number of hydrogen-bond donors (Lipinski definition) is 2. The highest BCUT2D eigenvalue weighted by atomic mass is 35.5. The van der Waals surface area contributed by atoms with Crippen LogP contribution in [0.15, 0.2) is 35.6 Å². The van der Waals surface area contributed by atoms with Crippen LogP contribution in [0.4, 0.5) is 0 Å². The summed E-state index contributed by atoms with van der Waals surface area (Å²) >= 11 is 6.01. The number of halogens is 1. The molecule has 0 saturated heterocycles. The number of imidazole rings is 1. The fourth-order valence-corrected chi connectivity index (χ4v) is 2.38. The minimum absolute atomic E-state index is 0.498. The maximum Gasteiger partial charge on any atom is 0.137 e. The first-order chi connectivity index (χ1) is 10.2. The molecule has 1 aromatic carbocycles. The lowest BCUT2D eigenvalue weighted by Crippen LogP contribution is -2.33. The van der Waals surface area contributed by atoms with Crippen molar-refractivity contribution in [3.8, 4) is 5.75 Å². The Bertz CT molecular complexity index is 708. The van der Waals surface area contributed by atoms with Gasteiger partial charge in [0.25, 0.3) is 0 Å². The zero-order valence-electron chi connectivity index (χ0n) is 11.4. The summed E-state index contributed by atoms with van der Waals surface area (Å²) in [7, 11) is 1.60. The lowest BCUT2D eigenvalue weighted by molar-refractivity contribution is 0.413. The third-order valence-electron chi connectivity index (χ3n) is 3.16. The number of benzene rings is 1. The van der Waals surface area contributed by atoms with Crippen LogP contribution >= 0.6 is 11.6 Å². The van der Waals surface area contributed by atoms with E-state index in [1.807, 2.05) is 6.07 Å². The van der Waals surface area contributed by atoms with Gasteiger partial charge in [0, 0.05) is 28.6 Å². The minimum atomic E-state index is 0.498. The molecule has 108 valence electrons. The average molecular weight is 304 g/mol. The van der Waals surface area contributed by atoms with Gasteiger partial charge in [0.05, 0.1) is 19.4 Å². The lowest BCUT2D eigenvalue weighted by atomic mass is 10.0. The van der Waals surface area contributed by atoms with Gasteiger partial charge in [0.15, 0.2) is 0 Å². The fraction of sp³-hybridized carbons (Fsp3) is 0.143. The smallest absolute Gasteiger partial charge is 0.137 e. The van der Waals surface area contributed by atoms with Gasteiger partial charge in [-0.2, -0.15) is 0 Å². The Kier molecular flexibility index (Phi) is 3.64. The number of rotatable bonds is 3. The van der Waals surface area contributed by atoms with E-state index in [9.17, 15) is 0 Å². The highest BCUT2D eigenvalue weighted by molar-refractivity contribution is 6.30. The molecule has 3 N–H and O–H groups in total. The minimum Gasteiger partial charge on any atom is -0.496 e. The van der Waals surface area contributed by atoms with E-state index in [4.69, 9.17) is 22.2 Å². The molecule has 0 atom stereocenters. The number of nitrogens with zero attached hydrogens (tertiary/aromatic N) is 3. The third-order valence-corrected chi connectivity index (χ3v) is 3.40. The molecule has 6 nitrogen and oxygen atoms in total. The molecule has 21 heavy (non-hydrogen) atoms. The highest BCUT2D eigenvalue weighted by Crippen LogP contribution is 2.35. The van der Waals surface area contributed by atoms with E-state index in [1.54, 1.807) is 38.0 Å². The summed E-state index contributed by atoms with van der Waals surface area (Å²) in [4.78, 5) is 11.8. The molecule has 0 spiro atoms. The zero-order valence-corrected chi connectivity index (χ0v) is 12.1. The van der Waals surface area contributed by atoms with Gasteiger partial charge in [-0.05, 0) is 18.2 Å². The molecule has 2 heterocycles. The largest absolute Gasteiger partial charge is 0.496 e. The molecule has 7 heteroatoms. The molecular weight excluding hydrogens is 290 g/mol. The normalized spacial score (nSPS) is 14.7. The van der Waals surface area contributed by atoms with Crippen molar-refractivity contribution < 1.29 is 4.74 Å². The highest BCUT2D eigenvalue weighted by Gasteiger charge is 2.21. The SMILES string of the molecule is COc1cc(Cl)ccc1C1=C(c2ncc[nH]2)CN(N)C=N1. The lowest BCUT2D eigenvalue weighted by Gasteiger charge is -2.22. The molecule has 3 rings (SSSR count). The second-order valence-corrected chi connectivity index (χ2v) is 4.96. The number of aromatic amines is 1. The fourth-order valence-electron chi connectivity index (χ4n) is 2.22. The van der Waals surface area contributed by atoms with Crippen LogP contribution in [0.5, 0.6) is 5.75 Å². The van der Waals surface area contributed by atoms with E-state index < -0.39 is 0 Å². The number of aliphatic imine (C=N–C) groups is 1. The molecule has 0 saturated carbocycles. The molecule has 1 aliphatic heterocycles. The summed E-state index contributed by atoms with van der Waals surface area (Å²) < 4.78 is 5.40. The molecular formula is C14H14ClN5O. The van der Waals surface area contributed by atoms with Crippen molar-refractivity contribution in [1.82, 2.24) is 15.0 Å². The number of nitrogens with one attached hydrogen (secondary N) is 1. The number of aromatic nitrogens is 2. The van der Waals surface area contributed by atoms with Crippen LogP contribution in [0.25, 0.3) is 11.3 Å². The number of methoxy groups -OCH3 is 1. The maximum absolute atomic E-state index is 6.01. The predicted molar refractivity (Wildman–Crippen MR) is 82.8 cm³/mol. The van der Waals surface area contributed by atoms with Gasteiger partial charge in [-0.3, -0.25) is 5.01 Å². The first-order valence-corrected chi connectivity index (χ1v) is 6.69. The topological polar surface area (TPSA) is 79.5 Å². The van der Waals surface area contributed by atoms with Crippen molar-refractivity contribution in [3.05, 3.63) is 47.0 Å². The Labute approximate surface area is 126 Å². The van der Waals surface area contributed by atoms with Crippen LogP contribution in [-0.2, 0) is 0 Å². The monoisotopic (exact) mass is 303 g/mol. The molecule has 1 aromatic heterocycles. The van der Waals surface area contributed by atoms with Crippen LogP contribution in [0, 0.1) is 0 Å². The summed E-state index contributed by atoms with van der Waals surface area (Å²) in [6.07, 6.45) is 5.03. The van der Waals surface area contributed by atoms with Crippen LogP contribution in [-0.4, -0.2) is 35.0 Å². The van der Waals surface area contributed by atoms with Crippen LogP contribution < -0.4 is 10.6 Å². The molecule has 2 aromatic rings. The van der Waals surface area contributed by atoms with Gasteiger partial charge in [0.2, 0.25) is 0 Å². The van der Waals surface area contributed by atoms with Crippen molar-refractivity contribution in [1.29, 1.82) is 0 Å². The van der Waals surface area contributed by atoms with Crippen LogP contribution in [0.2, 0.25) is 5.02 Å². The Morgan fingerprint density at radius 1 is 1.43 bits per heavy atom. The van der Waals surface area contributed by atoms with E-state index in [2.05, 4.69) is 15.0 Å². The molecule has 0 radical (unpaired) electrons. The first kappa shape index (κ1) is 13.7. The Morgan fingerprint density at radius 2 is 2.29 bits per heavy atom. The van der Waals surface area contributed by atoms with E-state index in [0.29, 0.717) is 17.3 Å². The number of ether oxygens (including phenoxy) is 1. The Hall–Kier alpha value is -2.31. The Balaban J connectivity index is 2.18. The number of H-pyrrole nitrogens is 1. The third kappa shape index (κ3) is 2.63. The van der Waals surface area contributed by atoms with Gasteiger partial charge in [0.1, 0.15) is 17.9 Å². The van der Waals surface area contributed by atoms with Gasteiger partial charge in [-0.25, -0.2) is 15.8 Å². The van der Waals surface area contributed by atoms with Gasteiger partial charge in [-0.15, -0.1) is 0 Å². The number of hydrogen-bond acceptors (Lipinski definition) is 5. The van der Waals surface area contributed by atoms with Crippen LogP contribution in [0.3, 0.4) is 0 Å². The van der Waals surface area contributed by atoms with Crippen molar-refractivity contribution in [2.24, 2.45) is 10.8 Å². The number of hydrazine groups is 1. The summed E-state index contributed by atoms with van der Waals surface area (Å²) in [5.74, 6) is 7.21. The summed E-state index contributed by atoms with van der Waals surface area (Å²) in [6, 6.07) is 5.44. The standard InChI is InChI=1S/C14H14ClN5O/c1-21-12-6-9(15)2-3-10(12)13-11(7-20(16)8-19-13)14-17-4-5-18-14/h2-6,8H,7,16H2,1H3,(H,17,18). The molecule has 0 amide bonds. The summed E-state index contributed by atoms with van der Waals surface area (Å²) in [5, 5.41) is 2.11. The second-order valence-electron chi connectivity index (χ2n) is 4.53. The van der Waals surface area contributed by atoms with Crippen molar-refractivity contribution in [2.75, 3.05) is 13.7 Å². The Morgan fingerprint density at radius 3 is 3.00 bits per heavy atom. The van der Waals surface area contributed by atoms with Crippen LogP contribution in [0.1, 0.15) is 11.4 Å². The van der Waals surface area contributed by atoms with E-state index in [0.717, 1.165) is 22.7 Å². The van der Waals surface area contributed by atoms with Gasteiger partial charge in [-0.1, -0.05) is 11.6 Å². The van der Waals surface area contributed by atoms with Crippen molar-refractivity contribution in [3.63, 3.8) is 0 Å². The molecule has 0 fully saturated rings. The van der Waals surface area contributed by atoms with Gasteiger partial charge < -0.3 is 9.72 Å². The van der Waals surface area contributed by atoms with E-state index >= 15 is 0 Å². The number of nitrogens with two attached hydrogens (primary N) is 1. The molecule has 0 unspecified atom stereocenters. The van der Waals surface area contributed by atoms with E-state index in [-0.39, 0.29) is 0 Å². The molecule has 0 aliphatic carbocycles.